The van der Waals surface area contributed by atoms with Crippen LogP contribution in [0.4, 0.5) is 0 Å². The van der Waals surface area contributed by atoms with Crippen molar-refractivity contribution < 1.29 is 53.2 Å². The van der Waals surface area contributed by atoms with E-state index >= 15 is 0 Å². The summed E-state index contributed by atoms with van der Waals surface area (Å²) in [4.78, 5) is 12.3. The molecular formula is C24H30NaO5P. The molecule has 1 unspecified atom stereocenters. The van der Waals surface area contributed by atoms with Gasteiger partial charge in [-0.2, -0.15) is 0 Å². The summed E-state index contributed by atoms with van der Waals surface area (Å²) < 4.78 is 22.7. The largest absolute Gasteiger partial charge is 1.00 e. The first-order valence-electron chi connectivity index (χ1n) is 10.7. The van der Waals surface area contributed by atoms with E-state index in [1.807, 2.05) is 24.3 Å². The topological polar surface area (TPSA) is 78.8 Å². The second-order valence-electron chi connectivity index (χ2n) is 7.64. The molecular weight excluding hydrogens is 422 g/mol. The van der Waals surface area contributed by atoms with Gasteiger partial charge in [0.25, 0.3) is 0 Å². The predicted molar refractivity (Wildman–Crippen MR) is 118 cm³/mol. The minimum absolute atomic E-state index is 0. The normalized spacial score (nSPS) is 17.3. The molecule has 0 aliphatic heterocycles. The molecule has 1 fully saturated rings. The summed E-state index contributed by atoms with van der Waals surface area (Å²) in [5, 5.41) is 9.56. The molecule has 0 radical (unpaired) electrons. The van der Waals surface area contributed by atoms with Crippen LogP contribution in [0.1, 0.15) is 69.9 Å². The van der Waals surface area contributed by atoms with E-state index in [4.69, 9.17) is 9.05 Å². The first kappa shape index (κ1) is 26.2. The number of aromatic hydroxyl groups is 1. The third-order valence-corrected chi connectivity index (χ3v) is 6.53. The Morgan fingerprint density at radius 3 is 1.90 bits per heavy atom. The van der Waals surface area contributed by atoms with Crippen molar-refractivity contribution in [1.82, 2.24) is 0 Å². The molecule has 162 valence electrons. The van der Waals surface area contributed by atoms with E-state index in [2.05, 4.69) is 13.8 Å². The fraction of sp³-hybridized carbons (Fsp3) is 0.417. The maximum atomic E-state index is 12.3. The van der Waals surface area contributed by atoms with E-state index in [0.717, 1.165) is 56.1 Å². The third kappa shape index (κ3) is 7.49. The van der Waals surface area contributed by atoms with Gasteiger partial charge in [-0.15, -0.1) is 0 Å². The van der Waals surface area contributed by atoms with Crippen LogP contribution in [0.15, 0.2) is 48.5 Å². The van der Waals surface area contributed by atoms with Gasteiger partial charge in [0.2, 0.25) is 0 Å². The van der Waals surface area contributed by atoms with Crippen molar-refractivity contribution in [3.63, 3.8) is 0 Å². The molecule has 7 heteroatoms. The van der Waals surface area contributed by atoms with Crippen LogP contribution in [0, 0.1) is 0 Å². The summed E-state index contributed by atoms with van der Waals surface area (Å²) in [7, 11) is -4.39. The molecule has 1 aliphatic carbocycles. The Balaban J connectivity index is 0.00000341. The van der Waals surface area contributed by atoms with E-state index in [9.17, 15) is 14.6 Å². The molecule has 5 nitrogen and oxygen atoms in total. The van der Waals surface area contributed by atoms with Gasteiger partial charge in [0.1, 0.15) is 11.5 Å². The van der Waals surface area contributed by atoms with Crippen LogP contribution in [0.25, 0.3) is 11.1 Å². The first-order chi connectivity index (χ1) is 14.4. The van der Waals surface area contributed by atoms with Gasteiger partial charge < -0.3 is 19.0 Å². The number of hydrogen-bond acceptors (Lipinski definition) is 5. The standard InChI is InChI=1S/C24H31O5P.Na/c1-3-23(18-10-14-20(25)15-11-18)24(4-2)19-12-16-22(17-13-19)29-30(26,27)28-21-8-6-5-7-9-21;/h10-17,21,25H,3-9H2,1-2H3,(H,26,27);/q;+1/p-1/b24-23+;. The van der Waals surface area contributed by atoms with E-state index in [0.29, 0.717) is 0 Å². The maximum absolute atomic E-state index is 12.3. The Hall–Kier alpha value is -1.07. The second-order valence-corrected chi connectivity index (χ2v) is 8.93. The van der Waals surface area contributed by atoms with E-state index in [1.165, 1.54) is 11.1 Å². The summed E-state index contributed by atoms with van der Waals surface area (Å²) in [6, 6.07) is 14.3. The van der Waals surface area contributed by atoms with Gasteiger partial charge in [-0.05, 0) is 72.2 Å². The van der Waals surface area contributed by atoms with Gasteiger partial charge >= 0.3 is 37.4 Å². The molecule has 1 aliphatic rings. The van der Waals surface area contributed by atoms with E-state index < -0.39 is 7.82 Å². The third-order valence-electron chi connectivity index (χ3n) is 5.54. The van der Waals surface area contributed by atoms with Gasteiger partial charge in [0, 0.05) is 0 Å². The fourth-order valence-electron chi connectivity index (χ4n) is 4.07. The zero-order chi connectivity index (χ0) is 21.6. The monoisotopic (exact) mass is 452 g/mol. The first-order valence-corrected chi connectivity index (χ1v) is 12.2. The van der Waals surface area contributed by atoms with Crippen molar-refractivity contribution in [2.24, 2.45) is 0 Å². The Bertz CT molecular complexity index is 903. The number of phosphoric ester groups is 1. The Morgan fingerprint density at radius 1 is 0.935 bits per heavy atom. The maximum Gasteiger partial charge on any atom is 1.00 e. The van der Waals surface area contributed by atoms with Crippen LogP contribution in [-0.4, -0.2) is 11.2 Å². The molecule has 0 bridgehead atoms. The SMILES string of the molecule is CC/C(=C(/CC)c1ccc(OP(=O)([O-])OC2CCCCC2)cc1)c1ccc(O)cc1.[Na+]. The van der Waals surface area contributed by atoms with Gasteiger partial charge in [-0.1, -0.05) is 57.4 Å². The predicted octanol–water partition coefficient (Wildman–Crippen LogP) is 3.32. The smallest absolute Gasteiger partial charge is 0.746 e. The zero-order valence-corrected chi connectivity index (χ0v) is 21.6. The molecule has 0 heterocycles. The van der Waals surface area contributed by atoms with Crippen LogP contribution < -0.4 is 39.0 Å². The molecule has 1 atom stereocenters. The van der Waals surface area contributed by atoms with Gasteiger partial charge in [0.05, 0.1) is 6.10 Å². The van der Waals surface area contributed by atoms with E-state index in [-0.39, 0.29) is 47.2 Å². The number of phenols is 1. The fourth-order valence-corrected chi connectivity index (χ4v) is 5.07. The van der Waals surface area contributed by atoms with Crippen LogP contribution in [-0.2, 0) is 9.09 Å². The molecule has 2 aromatic rings. The van der Waals surface area contributed by atoms with Crippen LogP contribution >= 0.6 is 7.82 Å². The molecule has 3 rings (SSSR count). The van der Waals surface area contributed by atoms with Crippen molar-refractivity contribution in [1.29, 1.82) is 0 Å². The summed E-state index contributed by atoms with van der Waals surface area (Å²) in [6.45, 7) is 4.20. The van der Waals surface area contributed by atoms with E-state index in [1.54, 1.807) is 24.3 Å². The van der Waals surface area contributed by atoms with Crippen molar-refractivity contribution in [3.05, 3.63) is 59.7 Å². The van der Waals surface area contributed by atoms with Gasteiger partial charge in [-0.3, -0.25) is 4.57 Å². The van der Waals surface area contributed by atoms with Gasteiger partial charge in [-0.25, -0.2) is 0 Å². The molecule has 2 aromatic carbocycles. The summed E-state index contributed by atoms with van der Waals surface area (Å²) in [6.07, 6.45) is 6.04. The minimum atomic E-state index is -4.39. The molecule has 1 N–H and O–H groups in total. The average Bonchev–Trinajstić information content (AvgIpc) is 2.74. The molecule has 31 heavy (non-hydrogen) atoms. The molecule has 0 amide bonds. The summed E-state index contributed by atoms with van der Waals surface area (Å²) in [5.74, 6) is 0.497. The van der Waals surface area contributed by atoms with Crippen LogP contribution in [0.5, 0.6) is 11.5 Å². The number of hydrogen-bond donors (Lipinski definition) is 1. The molecule has 0 saturated heterocycles. The zero-order valence-electron chi connectivity index (χ0n) is 18.7. The van der Waals surface area contributed by atoms with Crippen molar-refractivity contribution in [2.45, 2.75) is 64.9 Å². The molecule has 0 aromatic heterocycles. The number of phosphoric acid groups is 1. The number of benzene rings is 2. The Kier molecular flexibility index (Phi) is 10.3. The summed E-state index contributed by atoms with van der Waals surface area (Å²) >= 11 is 0. The Morgan fingerprint density at radius 2 is 1.42 bits per heavy atom. The van der Waals surface area contributed by atoms with Crippen molar-refractivity contribution >= 4 is 19.0 Å². The van der Waals surface area contributed by atoms with Crippen molar-refractivity contribution in [3.8, 4) is 11.5 Å². The van der Waals surface area contributed by atoms with Crippen LogP contribution in [0.2, 0.25) is 0 Å². The number of rotatable bonds is 8. The minimum Gasteiger partial charge on any atom is -0.746 e. The van der Waals surface area contributed by atoms with Crippen LogP contribution in [0.3, 0.4) is 0 Å². The number of allylic oxidation sites excluding steroid dienone is 2. The molecule has 1 saturated carbocycles. The summed E-state index contributed by atoms with van der Waals surface area (Å²) in [5.41, 5.74) is 4.46. The quantitative estimate of drug-likeness (QED) is 0.378. The van der Waals surface area contributed by atoms with Gasteiger partial charge in [0.15, 0.2) is 0 Å². The molecule has 0 spiro atoms. The second kappa shape index (κ2) is 12.2. The average molecular weight is 452 g/mol. The number of phenolic OH excluding ortho intramolecular Hbond substituents is 1. The van der Waals surface area contributed by atoms with Crippen molar-refractivity contribution in [2.75, 3.05) is 0 Å². The Labute approximate surface area is 207 Å².